The Bertz CT molecular complexity index is 894. The predicted molar refractivity (Wildman–Crippen MR) is 110 cm³/mol. The molecule has 0 spiro atoms. The van der Waals surface area contributed by atoms with Crippen LogP contribution in [0, 0.1) is 5.41 Å². The second-order valence-corrected chi connectivity index (χ2v) is 8.03. The molecule has 1 aliphatic rings. The largest absolute Gasteiger partial charge is 0.444 e. The van der Waals surface area contributed by atoms with E-state index in [-0.39, 0.29) is 12.0 Å². The number of hydrogen-bond donors (Lipinski definition) is 1. The van der Waals surface area contributed by atoms with Crippen molar-refractivity contribution >= 4 is 29.0 Å². The lowest BCUT2D eigenvalue weighted by Gasteiger charge is -2.35. The zero-order chi connectivity index (χ0) is 20.3. The van der Waals surface area contributed by atoms with Crippen LogP contribution in [-0.4, -0.2) is 59.8 Å². The molecule has 3 rings (SSSR count). The van der Waals surface area contributed by atoms with Gasteiger partial charge in [-0.15, -0.1) is 0 Å². The highest BCUT2D eigenvalue weighted by atomic mass is 16.6. The lowest BCUT2D eigenvalue weighted by atomic mass is 9.98. The summed E-state index contributed by atoms with van der Waals surface area (Å²) in [5.74, 6) is 0.0524. The minimum absolute atomic E-state index is 0.0524. The fraction of sp³-hybridized carbons (Fsp3) is 0.409. The Balaban J connectivity index is 1.65. The summed E-state index contributed by atoms with van der Waals surface area (Å²) in [5.41, 5.74) is 1.28. The number of rotatable bonds is 3. The summed E-state index contributed by atoms with van der Waals surface area (Å²) < 4.78 is 5.40. The number of ether oxygens (including phenoxy) is 1. The number of carbonyl (C=O) groups excluding carboxylic acids is 2. The van der Waals surface area contributed by atoms with Crippen molar-refractivity contribution in [1.82, 2.24) is 9.80 Å². The predicted octanol–water partition coefficient (Wildman–Crippen LogP) is 3.46. The van der Waals surface area contributed by atoms with E-state index in [1.54, 1.807) is 9.80 Å². The Hall–Kier alpha value is -2.89. The smallest absolute Gasteiger partial charge is 0.410 e. The van der Waals surface area contributed by atoms with Crippen LogP contribution in [0.25, 0.3) is 10.8 Å². The molecular formula is C22H27N3O3. The molecule has 1 N–H and O–H groups in total. The van der Waals surface area contributed by atoms with Gasteiger partial charge in [0.15, 0.2) is 0 Å². The first-order valence-corrected chi connectivity index (χ1v) is 9.55. The van der Waals surface area contributed by atoms with Gasteiger partial charge in [-0.05, 0) is 42.7 Å². The number of carbonyl (C=O) groups is 2. The number of fused-ring (bicyclic) bond motifs is 1. The van der Waals surface area contributed by atoms with Crippen LogP contribution in [0.3, 0.4) is 0 Å². The van der Waals surface area contributed by atoms with Crippen LogP contribution in [0.4, 0.5) is 4.79 Å². The molecule has 1 aliphatic heterocycles. The molecule has 0 aromatic heterocycles. The summed E-state index contributed by atoms with van der Waals surface area (Å²) in [7, 11) is 0. The minimum atomic E-state index is -0.520. The normalized spacial score (nSPS) is 14.8. The van der Waals surface area contributed by atoms with Crippen LogP contribution in [-0.2, 0) is 16.0 Å². The van der Waals surface area contributed by atoms with Gasteiger partial charge >= 0.3 is 6.09 Å². The van der Waals surface area contributed by atoms with Gasteiger partial charge in [0.05, 0.1) is 6.42 Å². The molecule has 2 aromatic carbocycles. The molecule has 1 saturated heterocycles. The van der Waals surface area contributed by atoms with E-state index in [1.807, 2.05) is 57.2 Å². The molecule has 0 saturated carbocycles. The molecule has 2 amide bonds. The average molecular weight is 381 g/mol. The van der Waals surface area contributed by atoms with Crippen LogP contribution >= 0.6 is 0 Å². The third-order valence-electron chi connectivity index (χ3n) is 4.83. The second-order valence-electron chi connectivity index (χ2n) is 8.03. The second kappa shape index (κ2) is 8.00. The average Bonchev–Trinajstić information content (AvgIpc) is 2.67. The van der Waals surface area contributed by atoms with Crippen LogP contribution in [0.15, 0.2) is 36.4 Å². The monoisotopic (exact) mass is 381 g/mol. The van der Waals surface area contributed by atoms with Crippen molar-refractivity contribution in [3.8, 4) is 0 Å². The van der Waals surface area contributed by atoms with Gasteiger partial charge in [0.2, 0.25) is 5.91 Å². The Kier molecular flexibility index (Phi) is 5.68. The SMILES string of the molecule is CC(C)(C)OC(=O)N1CCN(C(=O)Cc2ccc(C=N)c3ccccc23)CC1. The Morgan fingerprint density at radius 3 is 2.21 bits per heavy atom. The summed E-state index contributed by atoms with van der Waals surface area (Å²) in [6.45, 7) is 7.52. The lowest BCUT2D eigenvalue weighted by molar-refractivity contribution is -0.132. The standard InChI is InChI=1S/C22H27N3O3/c1-22(2,3)28-21(27)25-12-10-24(11-13-25)20(26)14-16-8-9-17(15-23)19-7-5-4-6-18(16)19/h4-9,15,23H,10-14H2,1-3H3. The summed E-state index contributed by atoms with van der Waals surface area (Å²) in [4.78, 5) is 28.4. The van der Waals surface area contributed by atoms with E-state index in [2.05, 4.69) is 0 Å². The first kappa shape index (κ1) is 19.9. The minimum Gasteiger partial charge on any atom is -0.444 e. The molecule has 0 unspecified atom stereocenters. The summed E-state index contributed by atoms with van der Waals surface area (Å²) in [5, 5.41) is 9.55. The van der Waals surface area contributed by atoms with Crippen molar-refractivity contribution in [2.45, 2.75) is 32.8 Å². The van der Waals surface area contributed by atoms with Crippen molar-refractivity contribution in [3.63, 3.8) is 0 Å². The van der Waals surface area contributed by atoms with Crippen LogP contribution in [0.5, 0.6) is 0 Å². The van der Waals surface area contributed by atoms with Gasteiger partial charge in [-0.3, -0.25) is 4.79 Å². The summed E-state index contributed by atoms with van der Waals surface area (Å²) in [6, 6.07) is 11.7. The first-order chi connectivity index (χ1) is 13.3. The lowest BCUT2D eigenvalue weighted by Crippen LogP contribution is -2.52. The molecule has 0 atom stereocenters. The van der Waals surface area contributed by atoms with Crippen molar-refractivity contribution in [1.29, 1.82) is 5.41 Å². The molecular weight excluding hydrogens is 354 g/mol. The van der Waals surface area contributed by atoms with Gasteiger partial charge < -0.3 is 19.9 Å². The van der Waals surface area contributed by atoms with E-state index < -0.39 is 5.60 Å². The topological polar surface area (TPSA) is 73.7 Å². The van der Waals surface area contributed by atoms with Gasteiger partial charge in [0, 0.05) is 32.4 Å². The van der Waals surface area contributed by atoms with E-state index in [1.165, 1.54) is 6.21 Å². The molecule has 6 heteroatoms. The third-order valence-corrected chi connectivity index (χ3v) is 4.83. The fourth-order valence-electron chi connectivity index (χ4n) is 3.40. The number of nitrogens with zero attached hydrogens (tertiary/aromatic N) is 2. The highest BCUT2D eigenvalue weighted by Crippen LogP contribution is 2.23. The van der Waals surface area contributed by atoms with E-state index in [9.17, 15) is 9.59 Å². The Labute approximate surface area is 165 Å². The van der Waals surface area contributed by atoms with Crippen LogP contribution < -0.4 is 0 Å². The molecule has 2 aromatic rings. The molecule has 1 fully saturated rings. The summed E-state index contributed by atoms with van der Waals surface area (Å²) in [6.07, 6.45) is 1.32. The van der Waals surface area contributed by atoms with Crippen molar-refractivity contribution in [3.05, 3.63) is 47.5 Å². The van der Waals surface area contributed by atoms with Crippen molar-refractivity contribution < 1.29 is 14.3 Å². The molecule has 0 aliphatic carbocycles. The van der Waals surface area contributed by atoms with E-state index in [0.29, 0.717) is 32.6 Å². The zero-order valence-electron chi connectivity index (χ0n) is 16.7. The maximum atomic E-state index is 12.8. The fourth-order valence-corrected chi connectivity index (χ4v) is 3.40. The van der Waals surface area contributed by atoms with Crippen molar-refractivity contribution in [2.75, 3.05) is 26.2 Å². The van der Waals surface area contributed by atoms with E-state index in [0.717, 1.165) is 21.9 Å². The Morgan fingerprint density at radius 1 is 1.00 bits per heavy atom. The summed E-state index contributed by atoms with van der Waals surface area (Å²) >= 11 is 0. The van der Waals surface area contributed by atoms with E-state index in [4.69, 9.17) is 10.1 Å². The molecule has 28 heavy (non-hydrogen) atoms. The highest BCUT2D eigenvalue weighted by Gasteiger charge is 2.27. The number of benzene rings is 2. The quantitative estimate of drug-likeness (QED) is 0.828. The number of nitrogens with one attached hydrogen (secondary N) is 1. The number of piperazine rings is 1. The van der Waals surface area contributed by atoms with Crippen LogP contribution in [0.2, 0.25) is 0 Å². The van der Waals surface area contributed by atoms with Crippen LogP contribution in [0.1, 0.15) is 31.9 Å². The van der Waals surface area contributed by atoms with Gasteiger partial charge in [0.1, 0.15) is 5.60 Å². The molecule has 6 nitrogen and oxygen atoms in total. The molecule has 0 radical (unpaired) electrons. The van der Waals surface area contributed by atoms with Gasteiger partial charge in [-0.2, -0.15) is 0 Å². The first-order valence-electron chi connectivity index (χ1n) is 9.55. The van der Waals surface area contributed by atoms with Gasteiger partial charge in [-0.1, -0.05) is 36.4 Å². The zero-order valence-corrected chi connectivity index (χ0v) is 16.7. The number of amides is 2. The third kappa shape index (κ3) is 4.50. The van der Waals surface area contributed by atoms with E-state index >= 15 is 0 Å². The Morgan fingerprint density at radius 2 is 1.61 bits per heavy atom. The molecule has 1 heterocycles. The van der Waals surface area contributed by atoms with Gasteiger partial charge in [0.25, 0.3) is 0 Å². The number of hydrogen-bond acceptors (Lipinski definition) is 4. The molecule has 148 valence electrons. The van der Waals surface area contributed by atoms with Gasteiger partial charge in [-0.25, -0.2) is 4.79 Å². The van der Waals surface area contributed by atoms with Crippen molar-refractivity contribution in [2.24, 2.45) is 0 Å². The highest BCUT2D eigenvalue weighted by molar-refractivity contribution is 6.01. The molecule has 0 bridgehead atoms. The maximum absolute atomic E-state index is 12.8. The maximum Gasteiger partial charge on any atom is 0.410 e.